The van der Waals surface area contributed by atoms with Crippen LogP contribution in [0.1, 0.15) is 6.42 Å². The Morgan fingerprint density at radius 1 is 1.88 bits per heavy atom. The zero-order valence-electron chi connectivity index (χ0n) is 4.35. The minimum atomic E-state index is -0.868. The second-order valence-corrected chi connectivity index (χ2v) is 1.68. The summed E-state index contributed by atoms with van der Waals surface area (Å²) in [5.74, 6) is -0.868. The van der Waals surface area contributed by atoms with Crippen molar-refractivity contribution in [3.05, 3.63) is 11.8 Å². The molecule has 0 aromatic carbocycles. The third-order valence-electron chi connectivity index (χ3n) is 1.04. The van der Waals surface area contributed by atoms with Crippen molar-refractivity contribution in [3.63, 3.8) is 0 Å². The van der Waals surface area contributed by atoms with Crippen LogP contribution in [0.4, 0.5) is 0 Å². The number of carbonyl (C=O) groups is 1. The Labute approximate surface area is 47.0 Å². The van der Waals surface area contributed by atoms with Crippen LogP contribution >= 0.6 is 0 Å². The molecular weight excluding hydrogens is 106 g/mol. The second kappa shape index (κ2) is 1.86. The molecule has 1 saturated heterocycles. The lowest BCUT2D eigenvalue weighted by Gasteiger charge is -2.18. The van der Waals surface area contributed by atoms with E-state index in [1.807, 2.05) is 0 Å². The van der Waals surface area contributed by atoms with Crippen LogP contribution in [0.2, 0.25) is 0 Å². The van der Waals surface area contributed by atoms with Crippen LogP contribution in [0.5, 0.6) is 0 Å². The molecule has 0 aromatic heterocycles. The lowest BCUT2D eigenvalue weighted by Crippen LogP contribution is -2.28. The van der Waals surface area contributed by atoms with E-state index in [0.29, 0.717) is 0 Å². The minimum Gasteiger partial charge on any atom is -0.478 e. The molecule has 2 N–H and O–H groups in total. The Kier molecular flexibility index (Phi) is 1.20. The highest BCUT2D eigenvalue weighted by Crippen LogP contribution is 2.04. The van der Waals surface area contributed by atoms with Gasteiger partial charge in [-0.25, -0.2) is 4.79 Å². The quantitative estimate of drug-likeness (QED) is 0.469. The second-order valence-electron chi connectivity index (χ2n) is 1.68. The highest BCUT2D eigenvalue weighted by molar-refractivity contribution is 5.80. The first kappa shape index (κ1) is 5.15. The van der Waals surface area contributed by atoms with Crippen molar-refractivity contribution in [1.82, 2.24) is 5.32 Å². The van der Waals surface area contributed by atoms with E-state index in [4.69, 9.17) is 5.11 Å². The summed E-state index contributed by atoms with van der Waals surface area (Å²) in [6, 6.07) is 0. The summed E-state index contributed by atoms with van der Waals surface area (Å²) >= 11 is 0. The molecule has 0 aliphatic carbocycles. The van der Waals surface area contributed by atoms with Crippen LogP contribution in [-0.4, -0.2) is 17.6 Å². The van der Waals surface area contributed by atoms with Crippen LogP contribution in [0.3, 0.4) is 0 Å². The first-order chi connectivity index (χ1) is 3.79. The number of hydrogen-bond donors (Lipinski definition) is 2. The lowest BCUT2D eigenvalue weighted by atomic mass is 10.2. The fraction of sp³-hybridized carbons (Fsp3) is 0.400. The molecule has 0 radical (unpaired) electrons. The molecule has 0 bridgehead atoms. The van der Waals surface area contributed by atoms with Crippen molar-refractivity contribution >= 4 is 5.97 Å². The summed E-state index contributed by atoms with van der Waals surface area (Å²) in [4.78, 5) is 9.89. The van der Waals surface area contributed by atoms with Gasteiger partial charge in [0.15, 0.2) is 0 Å². The summed E-state index contributed by atoms with van der Waals surface area (Å²) in [5.41, 5.74) is 0.831. The summed E-state index contributed by atoms with van der Waals surface area (Å²) in [7, 11) is 0. The summed E-state index contributed by atoms with van der Waals surface area (Å²) in [6.07, 6.45) is 2.08. The smallest absolute Gasteiger partial charge is 0.330 e. The van der Waals surface area contributed by atoms with Gasteiger partial charge in [-0.3, -0.25) is 0 Å². The van der Waals surface area contributed by atoms with Crippen molar-refractivity contribution in [2.45, 2.75) is 6.42 Å². The molecule has 8 heavy (non-hydrogen) atoms. The first-order valence-corrected chi connectivity index (χ1v) is 2.46. The number of nitrogens with one attached hydrogen (secondary N) is 1. The maximum absolute atomic E-state index is 9.89. The van der Waals surface area contributed by atoms with Crippen molar-refractivity contribution in [1.29, 1.82) is 0 Å². The summed E-state index contributed by atoms with van der Waals surface area (Å²) < 4.78 is 0. The molecule has 0 spiro atoms. The highest BCUT2D eigenvalue weighted by atomic mass is 16.4. The van der Waals surface area contributed by atoms with Crippen molar-refractivity contribution in [2.24, 2.45) is 0 Å². The molecule has 0 atom stereocenters. The molecule has 3 heteroatoms. The number of carboxylic acid groups (broad SMARTS) is 1. The number of rotatable bonds is 1. The van der Waals surface area contributed by atoms with Gasteiger partial charge in [-0.1, -0.05) is 0 Å². The van der Waals surface area contributed by atoms with Gasteiger partial charge in [0.1, 0.15) is 0 Å². The van der Waals surface area contributed by atoms with E-state index < -0.39 is 5.97 Å². The predicted octanol–water partition coefficient (Wildman–Crippen LogP) is -0.0518. The van der Waals surface area contributed by atoms with Gasteiger partial charge >= 0.3 is 5.97 Å². The van der Waals surface area contributed by atoms with Gasteiger partial charge < -0.3 is 10.4 Å². The van der Waals surface area contributed by atoms with Gasteiger partial charge in [0, 0.05) is 24.7 Å². The van der Waals surface area contributed by atoms with Crippen LogP contribution in [0.25, 0.3) is 0 Å². The highest BCUT2D eigenvalue weighted by Gasteiger charge is 2.06. The number of aliphatic carboxylic acids is 1. The number of carboxylic acids is 1. The van der Waals surface area contributed by atoms with E-state index >= 15 is 0 Å². The molecule has 0 unspecified atom stereocenters. The van der Waals surface area contributed by atoms with E-state index in [-0.39, 0.29) is 0 Å². The largest absolute Gasteiger partial charge is 0.478 e. The Hall–Kier alpha value is -0.990. The Balaban J connectivity index is 2.42. The monoisotopic (exact) mass is 113 g/mol. The Morgan fingerprint density at radius 2 is 2.50 bits per heavy atom. The molecule has 1 rings (SSSR count). The standard InChI is InChI=1S/C5H7NO2/c7-5(8)3-4-1-2-6-4/h3,6H,1-2H2,(H,7,8). The van der Waals surface area contributed by atoms with Gasteiger partial charge in [-0.05, 0) is 0 Å². The maximum atomic E-state index is 9.89. The van der Waals surface area contributed by atoms with Crippen LogP contribution in [0.15, 0.2) is 11.8 Å². The summed E-state index contributed by atoms with van der Waals surface area (Å²) in [6.45, 7) is 0.916. The number of hydrogen-bond acceptors (Lipinski definition) is 2. The fourth-order valence-electron chi connectivity index (χ4n) is 0.542. The summed E-state index contributed by atoms with van der Waals surface area (Å²) in [5, 5.41) is 11.0. The molecule has 0 amide bonds. The third kappa shape index (κ3) is 0.992. The van der Waals surface area contributed by atoms with Gasteiger partial charge in [-0.2, -0.15) is 0 Å². The maximum Gasteiger partial charge on any atom is 0.330 e. The molecule has 44 valence electrons. The Bertz CT molecular complexity index is 133. The van der Waals surface area contributed by atoms with Gasteiger partial charge in [0.2, 0.25) is 0 Å². The fourth-order valence-corrected chi connectivity index (χ4v) is 0.542. The van der Waals surface area contributed by atoms with Gasteiger partial charge in [0.05, 0.1) is 0 Å². The van der Waals surface area contributed by atoms with Gasteiger partial charge in [0.25, 0.3) is 0 Å². The molecule has 3 nitrogen and oxygen atoms in total. The molecule has 0 aromatic rings. The average molecular weight is 113 g/mol. The zero-order chi connectivity index (χ0) is 5.98. The van der Waals surface area contributed by atoms with E-state index in [2.05, 4.69) is 5.32 Å². The van der Waals surface area contributed by atoms with Crippen molar-refractivity contribution in [2.75, 3.05) is 6.54 Å². The molecular formula is C5H7NO2. The predicted molar refractivity (Wildman–Crippen MR) is 28.3 cm³/mol. The minimum absolute atomic E-state index is 0.831. The van der Waals surface area contributed by atoms with Crippen LogP contribution in [-0.2, 0) is 4.79 Å². The molecule has 0 saturated carbocycles. The van der Waals surface area contributed by atoms with Crippen LogP contribution in [0, 0.1) is 0 Å². The molecule has 1 fully saturated rings. The van der Waals surface area contributed by atoms with Crippen molar-refractivity contribution in [3.8, 4) is 0 Å². The lowest BCUT2D eigenvalue weighted by molar-refractivity contribution is -0.131. The van der Waals surface area contributed by atoms with Crippen molar-refractivity contribution < 1.29 is 9.90 Å². The molecule has 1 aliphatic rings. The van der Waals surface area contributed by atoms with E-state index in [9.17, 15) is 4.79 Å². The third-order valence-corrected chi connectivity index (χ3v) is 1.04. The average Bonchev–Trinajstić information content (AvgIpc) is 1.55. The molecule has 1 heterocycles. The normalized spacial score (nSPS) is 21.8. The van der Waals surface area contributed by atoms with Crippen LogP contribution < -0.4 is 5.32 Å². The SMILES string of the molecule is O=C(O)C=C1CCN1. The van der Waals surface area contributed by atoms with E-state index in [1.165, 1.54) is 6.08 Å². The van der Waals surface area contributed by atoms with E-state index in [1.54, 1.807) is 0 Å². The topological polar surface area (TPSA) is 49.3 Å². The van der Waals surface area contributed by atoms with E-state index in [0.717, 1.165) is 18.7 Å². The van der Waals surface area contributed by atoms with Gasteiger partial charge in [-0.15, -0.1) is 0 Å². The Morgan fingerprint density at radius 3 is 2.62 bits per heavy atom. The first-order valence-electron chi connectivity index (χ1n) is 2.46. The molecule has 1 aliphatic heterocycles. The zero-order valence-corrected chi connectivity index (χ0v) is 4.35.